The first-order valence-corrected chi connectivity index (χ1v) is 13.1. The van der Waals surface area contributed by atoms with Crippen molar-refractivity contribution in [1.82, 2.24) is 0 Å². The molecule has 0 bridgehead atoms. The van der Waals surface area contributed by atoms with Gasteiger partial charge in [-0.1, -0.05) is 113 Å². The van der Waals surface area contributed by atoms with Gasteiger partial charge in [0.1, 0.15) is 18.3 Å². The SMILES string of the molecule is C=CCO[C@@H]1O[C@H](COCc2ccccc2)[C@@H](OCc2ccccc2)[C@H](OCc2ccccc2)[C@H]1Br. The molecule has 4 rings (SSSR count). The van der Waals surface area contributed by atoms with Crippen LogP contribution in [0.1, 0.15) is 16.7 Å². The minimum Gasteiger partial charge on any atom is -0.374 e. The zero-order chi connectivity index (χ0) is 25.0. The predicted octanol–water partition coefficient (Wildman–Crippen LogP) is 6.07. The minimum atomic E-state index is -0.536. The van der Waals surface area contributed by atoms with Gasteiger partial charge in [-0.05, 0) is 16.7 Å². The number of hydrogen-bond donors (Lipinski definition) is 0. The predicted molar refractivity (Wildman–Crippen MR) is 144 cm³/mol. The molecule has 0 unspecified atom stereocenters. The lowest BCUT2D eigenvalue weighted by Crippen LogP contribution is -2.59. The first-order valence-electron chi connectivity index (χ1n) is 12.2. The normalized spacial score (nSPS) is 23.9. The van der Waals surface area contributed by atoms with Gasteiger partial charge in [0.15, 0.2) is 6.29 Å². The largest absolute Gasteiger partial charge is 0.374 e. The molecule has 5 nitrogen and oxygen atoms in total. The highest BCUT2D eigenvalue weighted by atomic mass is 79.9. The maximum atomic E-state index is 6.47. The third-order valence-corrected chi connectivity index (χ3v) is 6.87. The molecule has 6 heteroatoms. The van der Waals surface area contributed by atoms with Crippen LogP contribution in [0, 0.1) is 0 Å². The summed E-state index contributed by atoms with van der Waals surface area (Å²) in [5, 5.41) is 0. The maximum Gasteiger partial charge on any atom is 0.173 e. The Bertz CT molecular complexity index is 1020. The van der Waals surface area contributed by atoms with Crippen molar-refractivity contribution in [2.45, 2.75) is 49.2 Å². The fourth-order valence-electron chi connectivity index (χ4n) is 4.09. The molecule has 0 aromatic heterocycles. The zero-order valence-corrected chi connectivity index (χ0v) is 21.9. The zero-order valence-electron chi connectivity index (χ0n) is 20.3. The Labute approximate surface area is 222 Å². The van der Waals surface area contributed by atoms with Crippen LogP contribution in [0.4, 0.5) is 0 Å². The second-order valence-electron chi connectivity index (χ2n) is 8.63. The molecule has 0 aliphatic carbocycles. The van der Waals surface area contributed by atoms with Gasteiger partial charge >= 0.3 is 0 Å². The maximum absolute atomic E-state index is 6.47. The van der Waals surface area contributed by atoms with E-state index in [0.29, 0.717) is 33.0 Å². The summed E-state index contributed by atoms with van der Waals surface area (Å²) < 4.78 is 31.4. The summed E-state index contributed by atoms with van der Waals surface area (Å²) in [6.45, 7) is 5.85. The molecule has 1 fully saturated rings. The number of benzene rings is 3. The highest BCUT2D eigenvalue weighted by molar-refractivity contribution is 9.09. The number of ether oxygens (including phenoxy) is 5. The third kappa shape index (κ3) is 7.84. The molecule has 190 valence electrons. The van der Waals surface area contributed by atoms with Crippen LogP contribution in [0.3, 0.4) is 0 Å². The second kappa shape index (κ2) is 14.4. The van der Waals surface area contributed by atoms with Crippen molar-refractivity contribution in [3.8, 4) is 0 Å². The summed E-state index contributed by atoms with van der Waals surface area (Å²) in [5.74, 6) is 0. The van der Waals surface area contributed by atoms with Gasteiger partial charge in [0.25, 0.3) is 0 Å². The van der Waals surface area contributed by atoms with Crippen molar-refractivity contribution in [3.05, 3.63) is 120 Å². The fraction of sp³-hybridized carbons (Fsp3) is 0.333. The van der Waals surface area contributed by atoms with Crippen LogP contribution in [0.2, 0.25) is 0 Å². The molecule has 0 spiro atoms. The fourth-order valence-corrected chi connectivity index (χ4v) is 4.82. The second-order valence-corrected chi connectivity index (χ2v) is 9.69. The molecule has 1 heterocycles. The molecule has 36 heavy (non-hydrogen) atoms. The number of halogens is 1. The van der Waals surface area contributed by atoms with Gasteiger partial charge in [-0.25, -0.2) is 0 Å². The van der Waals surface area contributed by atoms with Crippen LogP contribution in [0.25, 0.3) is 0 Å². The van der Waals surface area contributed by atoms with Crippen LogP contribution >= 0.6 is 15.9 Å². The van der Waals surface area contributed by atoms with Gasteiger partial charge in [0.05, 0.1) is 37.9 Å². The molecule has 0 N–H and O–H groups in total. The van der Waals surface area contributed by atoms with Crippen molar-refractivity contribution in [2.75, 3.05) is 13.2 Å². The van der Waals surface area contributed by atoms with Gasteiger partial charge in [-0.3, -0.25) is 0 Å². The summed E-state index contributed by atoms with van der Waals surface area (Å²) in [4.78, 5) is -0.243. The quantitative estimate of drug-likeness (QED) is 0.190. The van der Waals surface area contributed by atoms with Crippen LogP contribution in [-0.2, 0) is 43.5 Å². The molecule has 1 aliphatic rings. The van der Waals surface area contributed by atoms with Crippen molar-refractivity contribution >= 4 is 15.9 Å². The highest BCUT2D eigenvalue weighted by Gasteiger charge is 2.47. The minimum absolute atomic E-state index is 0.243. The standard InChI is InChI=1S/C30H33BrO5/c1-2-18-33-30-27(31)29(35-21-25-16-10-5-11-17-25)28(34-20-24-14-8-4-9-15-24)26(36-30)22-32-19-23-12-6-3-7-13-23/h2-17,26-30H,1,18-22H2/t26-,27-,28-,29-,30-/m1/s1. The highest BCUT2D eigenvalue weighted by Crippen LogP contribution is 2.33. The molecular weight excluding hydrogens is 520 g/mol. The molecule has 0 radical (unpaired) electrons. The van der Waals surface area contributed by atoms with Gasteiger partial charge in [-0.15, -0.1) is 6.58 Å². The molecule has 3 aromatic carbocycles. The van der Waals surface area contributed by atoms with Crippen LogP contribution in [0.15, 0.2) is 104 Å². The Kier molecular flexibility index (Phi) is 10.7. The summed E-state index contributed by atoms with van der Waals surface area (Å²) in [7, 11) is 0. The number of alkyl halides is 1. The summed E-state index contributed by atoms with van der Waals surface area (Å²) in [6.07, 6.45) is 0.0786. The molecule has 3 aromatic rings. The molecule has 0 saturated carbocycles. The Balaban J connectivity index is 1.51. The van der Waals surface area contributed by atoms with Crippen LogP contribution in [0.5, 0.6) is 0 Å². The van der Waals surface area contributed by atoms with E-state index in [1.165, 1.54) is 0 Å². The van der Waals surface area contributed by atoms with Crippen LogP contribution < -0.4 is 0 Å². The van der Waals surface area contributed by atoms with Crippen molar-refractivity contribution in [1.29, 1.82) is 0 Å². The first-order chi connectivity index (χ1) is 17.7. The van der Waals surface area contributed by atoms with E-state index in [9.17, 15) is 0 Å². The smallest absolute Gasteiger partial charge is 0.173 e. The van der Waals surface area contributed by atoms with Gasteiger partial charge in [0, 0.05) is 0 Å². The lowest BCUT2D eigenvalue weighted by atomic mass is 10.0. The Morgan fingerprint density at radius 1 is 0.694 bits per heavy atom. The first kappa shape index (κ1) is 26.7. The molecule has 0 amide bonds. The van der Waals surface area contributed by atoms with Gasteiger partial charge < -0.3 is 23.7 Å². The van der Waals surface area contributed by atoms with E-state index < -0.39 is 6.29 Å². The van der Waals surface area contributed by atoms with E-state index in [2.05, 4.69) is 34.6 Å². The van der Waals surface area contributed by atoms with Crippen molar-refractivity contribution in [2.24, 2.45) is 0 Å². The summed E-state index contributed by atoms with van der Waals surface area (Å²) in [5.41, 5.74) is 3.27. The average molecular weight is 553 g/mol. The average Bonchev–Trinajstić information content (AvgIpc) is 2.93. The molecule has 5 atom stereocenters. The molecular formula is C30H33BrO5. The van der Waals surface area contributed by atoms with E-state index in [1.807, 2.05) is 78.9 Å². The lowest BCUT2D eigenvalue weighted by Gasteiger charge is -2.44. The topological polar surface area (TPSA) is 46.2 Å². The van der Waals surface area contributed by atoms with E-state index in [0.717, 1.165) is 16.7 Å². The molecule has 1 saturated heterocycles. The Hall–Kier alpha value is -2.32. The monoisotopic (exact) mass is 552 g/mol. The van der Waals surface area contributed by atoms with Gasteiger partial charge in [0.2, 0.25) is 0 Å². The van der Waals surface area contributed by atoms with Crippen molar-refractivity contribution < 1.29 is 23.7 Å². The van der Waals surface area contributed by atoms with E-state index in [-0.39, 0.29) is 23.1 Å². The van der Waals surface area contributed by atoms with Crippen LogP contribution in [-0.4, -0.2) is 42.6 Å². The lowest BCUT2D eigenvalue weighted by molar-refractivity contribution is -0.270. The number of hydrogen-bond acceptors (Lipinski definition) is 5. The van der Waals surface area contributed by atoms with E-state index in [1.54, 1.807) is 6.08 Å². The summed E-state index contributed by atoms with van der Waals surface area (Å²) in [6, 6.07) is 30.3. The number of rotatable bonds is 13. The van der Waals surface area contributed by atoms with Crippen molar-refractivity contribution in [3.63, 3.8) is 0 Å². The Morgan fingerprint density at radius 2 is 1.19 bits per heavy atom. The van der Waals surface area contributed by atoms with E-state index in [4.69, 9.17) is 23.7 Å². The molecule has 1 aliphatic heterocycles. The van der Waals surface area contributed by atoms with E-state index >= 15 is 0 Å². The summed E-state index contributed by atoms with van der Waals surface area (Å²) >= 11 is 3.79. The Morgan fingerprint density at radius 3 is 1.72 bits per heavy atom. The third-order valence-electron chi connectivity index (χ3n) is 5.92. The van der Waals surface area contributed by atoms with Gasteiger partial charge in [-0.2, -0.15) is 0 Å².